The molecule has 0 bridgehead atoms. The van der Waals surface area contributed by atoms with Crippen molar-refractivity contribution in [2.24, 2.45) is 23.5 Å². The zero-order chi connectivity index (χ0) is 13.9. The summed E-state index contributed by atoms with van der Waals surface area (Å²) < 4.78 is 6.58. The molecule has 2 rings (SSSR count). The number of nitrogens with two attached hydrogens (primary N) is 1. The van der Waals surface area contributed by atoms with Crippen molar-refractivity contribution < 1.29 is 4.74 Å². The van der Waals surface area contributed by atoms with Crippen molar-refractivity contribution >= 4 is 0 Å². The van der Waals surface area contributed by atoms with Crippen molar-refractivity contribution in [3.8, 4) is 0 Å². The van der Waals surface area contributed by atoms with E-state index in [1.807, 2.05) is 0 Å². The Bertz CT molecular complexity index is 260. The first kappa shape index (κ1) is 15.3. The maximum Gasteiger partial charge on any atom is 0.0808 e. The molecule has 0 radical (unpaired) electrons. The maximum atomic E-state index is 6.58. The van der Waals surface area contributed by atoms with E-state index < -0.39 is 0 Å². The molecule has 0 aromatic heterocycles. The Hall–Kier alpha value is -0.0800. The van der Waals surface area contributed by atoms with Gasteiger partial charge in [0.1, 0.15) is 0 Å². The predicted octanol–water partition coefficient (Wildman–Crippen LogP) is 4.13. The Morgan fingerprint density at radius 2 is 1.63 bits per heavy atom. The summed E-state index contributed by atoms with van der Waals surface area (Å²) in [7, 11) is 0. The van der Waals surface area contributed by atoms with Crippen LogP contribution in [-0.2, 0) is 4.74 Å². The van der Waals surface area contributed by atoms with Crippen LogP contribution in [0, 0.1) is 17.8 Å². The van der Waals surface area contributed by atoms with Crippen molar-refractivity contribution in [1.29, 1.82) is 0 Å². The minimum absolute atomic E-state index is 0.00706. The van der Waals surface area contributed by atoms with Crippen molar-refractivity contribution in [1.82, 2.24) is 0 Å². The van der Waals surface area contributed by atoms with Crippen LogP contribution in [0.5, 0.6) is 0 Å². The zero-order valence-electron chi connectivity index (χ0n) is 13.2. The molecule has 0 aliphatic heterocycles. The summed E-state index contributed by atoms with van der Waals surface area (Å²) in [6.45, 7) is 7.76. The smallest absolute Gasteiger partial charge is 0.0808 e. The Morgan fingerprint density at radius 1 is 1.05 bits per heavy atom. The fraction of sp³-hybridized carbons (Fsp3) is 1.00. The van der Waals surface area contributed by atoms with Crippen LogP contribution >= 0.6 is 0 Å². The predicted molar refractivity (Wildman–Crippen MR) is 81.1 cm³/mol. The first-order valence-corrected chi connectivity index (χ1v) is 8.44. The topological polar surface area (TPSA) is 35.2 Å². The molecule has 0 spiro atoms. The SMILES string of the molecule is CCC1CCC(CN)(OC2CC(C)CC(C)C2)CC1. The molecule has 0 aromatic rings. The number of rotatable bonds is 4. The first-order chi connectivity index (χ1) is 9.07. The van der Waals surface area contributed by atoms with Gasteiger partial charge in [-0.05, 0) is 62.7 Å². The van der Waals surface area contributed by atoms with Gasteiger partial charge in [0.05, 0.1) is 11.7 Å². The van der Waals surface area contributed by atoms with Crippen LogP contribution in [0.1, 0.15) is 72.1 Å². The maximum absolute atomic E-state index is 6.58. The molecule has 2 fully saturated rings. The molecule has 0 aromatic carbocycles. The van der Waals surface area contributed by atoms with Gasteiger partial charge in [-0.15, -0.1) is 0 Å². The molecule has 2 saturated carbocycles. The van der Waals surface area contributed by atoms with Gasteiger partial charge in [-0.25, -0.2) is 0 Å². The first-order valence-electron chi connectivity index (χ1n) is 8.44. The molecule has 2 N–H and O–H groups in total. The van der Waals surface area contributed by atoms with E-state index in [1.165, 1.54) is 51.4 Å². The third-order valence-corrected chi connectivity index (χ3v) is 5.52. The Kier molecular flexibility index (Phi) is 5.30. The Morgan fingerprint density at radius 3 is 2.11 bits per heavy atom. The lowest BCUT2D eigenvalue weighted by atomic mass is 9.76. The van der Waals surface area contributed by atoms with Crippen LogP contribution in [0.4, 0.5) is 0 Å². The molecule has 19 heavy (non-hydrogen) atoms. The average Bonchev–Trinajstić information content (AvgIpc) is 2.38. The number of ether oxygens (including phenoxy) is 1. The van der Waals surface area contributed by atoms with E-state index in [-0.39, 0.29) is 5.60 Å². The average molecular weight is 267 g/mol. The van der Waals surface area contributed by atoms with Crippen LogP contribution in [0.15, 0.2) is 0 Å². The highest BCUT2D eigenvalue weighted by atomic mass is 16.5. The van der Waals surface area contributed by atoms with Crippen LogP contribution < -0.4 is 5.73 Å². The fourth-order valence-corrected chi connectivity index (χ4v) is 4.30. The molecule has 2 unspecified atom stereocenters. The zero-order valence-corrected chi connectivity index (χ0v) is 13.2. The third-order valence-electron chi connectivity index (χ3n) is 5.52. The summed E-state index contributed by atoms with van der Waals surface area (Å²) in [5.74, 6) is 2.54. The largest absolute Gasteiger partial charge is 0.370 e. The van der Waals surface area contributed by atoms with Gasteiger partial charge in [-0.1, -0.05) is 27.2 Å². The van der Waals surface area contributed by atoms with Crippen LogP contribution in [-0.4, -0.2) is 18.2 Å². The second-order valence-electron chi connectivity index (χ2n) is 7.40. The van der Waals surface area contributed by atoms with E-state index in [1.54, 1.807) is 0 Å². The molecule has 2 aliphatic carbocycles. The normalized spacial score (nSPS) is 44.2. The van der Waals surface area contributed by atoms with Gasteiger partial charge in [0.25, 0.3) is 0 Å². The van der Waals surface area contributed by atoms with Crippen LogP contribution in [0.2, 0.25) is 0 Å². The van der Waals surface area contributed by atoms with Crippen molar-refractivity contribution in [3.63, 3.8) is 0 Å². The van der Waals surface area contributed by atoms with Crippen molar-refractivity contribution in [2.45, 2.75) is 83.8 Å². The Labute approximate surface area is 119 Å². The lowest BCUT2D eigenvalue weighted by Gasteiger charge is -2.44. The summed E-state index contributed by atoms with van der Waals surface area (Å²) in [5.41, 5.74) is 6.09. The lowest BCUT2D eigenvalue weighted by Crippen LogP contribution is -2.47. The summed E-state index contributed by atoms with van der Waals surface area (Å²) >= 11 is 0. The van der Waals surface area contributed by atoms with Gasteiger partial charge in [0.2, 0.25) is 0 Å². The van der Waals surface area contributed by atoms with Gasteiger partial charge in [-0.2, -0.15) is 0 Å². The quantitative estimate of drug-likeness (QED) is 0.831. The molecule has 0 heterocycles. The van der Waals surface area contributed by atoms with Gasteiger partial charge in [0, 0.05) is 6.54 Å². The van der Waals surface area contributed by atoms with E-state index in [9.17, 15) is 0 Å². The van der Waals surface area contributed by atoms with E-state index in [4.69, 9.17) is 10.5 Å². The molecular weight excluding hydrogens is 234 g/mol. The summed E-state index contributed by atoms with van der Waals surface area (Å²) in [4.78, 5) is 0. The van der Waals surface area contributed by atoms with Crippen molar-refractivity contribution in [2.75, 3.05) is 6.54 Å². The van der Waals surface area contributed by atoms with E-state index in [0.29, 0.717) is 12.6 Å². The lowest BCUT2D eigenvalue weighted by molar-refractivity contribution is -0.133. The molecule has 112 valence electrons. The second-order valence-corrected chi connectivity index (χ2v) is 7.40. The summed E-state index contributed by atoms with van der Waals surface area (Å²) in [6, 6.07) is 0. The van der Waals surface area contributed by atoms with Crippen molar-refractivity contribution in [3.05, 3.63) is 0 Å². The highest BCUT2D eigenvalue weighted by Crippen LogP contribution is 2.39. The molecule has 2 atom stereocenters. The number of hydrogen-bond acceptors (Lipinski definition) is 2. The number of hydrogen-bond donors (Lipinski definition) is 1. The van der Waals surface area contributed by atoms with Gasteiger partial charge >= 0.3 is 0 Å². The molecule has 0 saturated heterocycles. The van der Waals surface area contributed by atoms with E-state index in [2.05, 4.69) is 20.8 Å². The highest BCUT2D eigenvalue weighted by Gasteiger charge is 2.38. The van der Waals surface area contributed by atoms with Crippen LogP contribution in [0.3, 0.4) is 0 Å². The molecule has 2 nitrogen and oxygen atoms in total. The van der Waals surface area contributed by atoms with E-state index in [0.717, 1.165) is 17.8 Å². The van der Waals surface area contributed by atoms with Gasteiger partial charge < -0.3 is 10.5 Å². The molecule has 2 aliphatic rings. The molecule has 2 heteroatoms. The monoisotopic (exact) mass is 267 g/mol. The van der Waals surface area contributed by atoms with E-state index >= 15 is 0 Å². The molecule has 0 amide bonds. The second kappa shape index (κ2) is 6.58. The van der Waals surface area contributed by atoms with Gasteiger partial charge in [-0.3, -0.25) is 0 Å². The Balaban J connectivity index is 1.91. The minimum Gasteiger partial charge on any atom is -0.370 e. The fourth-order valence-electron chi connectivity index (χ4n) is 4.30. The highest BCUT2D eigenvalue weighted by molar-refractivity contribution is 4.90. The standard InChI is InChI=1S/C17H33NO/c1-4-15-5-7-17(12-18,8-6-15)19-16-10-13(2)9-14(3)11-16/h13-16H,4-12,18H2,1-3H3. The van der Waals surface area contributed by atoms with Gasteiger partial charge in [0.15, 0.2) is 0 Å². The minimum atomic E-state index is 0.00706. The van der Waals surface area contributed by atoms with Crippen LogP contribution in [0.25, 0.3) is 0 Å². The molecular formula is C17H33NO. The summed E-state index contributed by atoms with van der Waals surface area (Å²) in [6.07, 6.45) is 10.6. The third kappa shape index (κ3) is 3.95. The summed E-state index contributed by atoms with van der Waals surface area (Å²) in [5, 5.41) is 0.